The molecule has 8 nitrogen and oxygen atoms in total. The Morgan fingerprint density at radius 1 is 1.45 bits per heavy atom. The van der Waals surface area contributed by atoms with Crippen LogP contribution in [0.2, 0.25) is 0 Å². The number of benzene rings is 1. The Kier molecular flexibility index (Phi) is 6.65. The fraction of sp³-hybridized carbons (Fsp3) is 0.421. The fourth-order valence-corrected chi connectivity index (χ4v) is 3.74. The SMILES string of the molecule is CCc1cnc(-c2cc(OC[C@H]3CN(C(=O)O)CCO3)cc(C(=O)OC)c2F)s1. The van der Waals surface area contributed by atoms with Crippen molar-refractivity contribution in [3.8, 4) is 16.3 Å². The number of amides is 1. The molecule has 1 aromatic carbocycles. The number of methoxy groups -OCH3 is 1. The summed E-state index contributed by atoms with van der Waals surface area (Å²) in [4.78, 5) is 29.6. The molecule has 1 atom stereocenters. The molecule has 2 heterocycles. The van der Waals surface area contributed by atoms with E-state index in [2.05, 4.69) is 9.72 Å². The largest absolute Gasteiger partial charge is 0.491 e. The molecule has 1 aromatic heterocycles. The average molecular weight is 424 g/mol. The lowest BCUT2D eigenvalue weighted by molar-refractivity contribution is -0.0412. The number of nitrogens with zero attached hydrogens (tertiary/aromatic N) is 2. The molecule has 1 N–H and O–H groups in total. The van der Waals surface area contributed by atoms with Crippen molar-refractivity contribution in [2.45, 2.75) is 19.4 Å². The molecule has 156 valence electrons. The minimum absolute atomic E-state index is 0.0492. The normalized spacial score (nSPS) is 16.5. The Labute approximate surface area is 170 Å². The number of carbonyl (C=O) groups excluding carboxylic acids is 1. The molecule has 1 amide bonds. The number of halogens is 1. The predicted molar refractivity (Wildman–Crippen MR) is 103 cm³/mol. The van der Waals surface area contributed by atoms with Gasteiger partial charge in [-0.25, -0.2) is 19.0 Å². The molecule has 10 heteroatoms. The molecular weight excluding hydrogens is 403 g/mol. The topological polar surface area (TPSA) is 98.2 Å². The van der Waals surface area contributed by atoms with Crippen molar-refractivity contribution >= 4 is 23.4 Å². The van der Waals surface area contributed by atoms with E-state index >= 15 is 0 Å². The van der Waals surface area contributed by atoms with Gasteiger partial charge < -0.3 is 24.2 Å². The van der Waals surface area contributed by atoms with Crippen LogP contribution in [0.1, 0.15) is 22.2 Å². The van der Waals surface area contributed by atoms with Gasteiger partial charge >= 0.3 is 12.1 Å². The summed E-state index contributed by atoms with van der Waals surface area (Å²) in [6, 6.07) is 2.73. The zero-order valence-electron chi connectivity index (χ0n) is 16.0. The van der Waals surface area contributed by atoms with Gasteiger partial charge in [-0.05, 0) is 18.6 Å². The van der Waals surface area contributed by atoms with Crippen molar-refractivity contribution in [1.29, 1.82) is 0 Å². The van der Waals surface area contributed by atoms with Crippen LogP contribution in [-0.2, 0) is 15.9 Å². The van der Waals surface area contributed by atoms with E-state index in [4.69, 9.17) is 14.6 Å². The highest BCUT2D eigenvalue weighted by Gasteiger charge is 2.25. The van der Waals surface area contributed by atoms with E-state index in [-0.39, 0.29) is 36.6 Å². The van der Waals surface area contributed by atoms with Crippen molar-refractivity contribution in [1.82, 2.24) is 9.88 Å². The molecule has 29 heavy (non-hydrogen) atoms. The molecule has 0 aliphatic carbocycles. The number of aromatic nitrogens is 1. The van der Waals surface area contributed by atoms with E-state index in [1.807, 2.05) is 6.92 Å². The highest BCUT2D eigenvalue weighted by atomic mass is 32.1. The van der Waals surface area contributed by atoms with Gasteiger partial charge in [0.2, 0.25) is 0 Å². The Morgan fingerprint density at radius 3 is 2.90 bits per heavy atom. The molecule has 1 aliphatic rings. The summed E-state index contributed by atoms with van der Waals surface area (Å²) in [7, 11) is 1.17. The van der Waals surface area contributed by atoms with Gasteiger partial charge in [-0.3, -0.25) is 0 Å². The number of aryl methyl sites for hydroxylation is 1. The first-order chi connectivity index (χ1) is 13.9. The summed E-state index contributed by atoms with van der Waals surface area (Å²) in [6.45, 7) is 2.74. The van der Waals surface area contributed by atoms with Crippen LogP contribution in [0.4, 0.5) is 9.18 Å². The Morgan fingerprint density at radius 2 is 2.24 bits per heavy atom. The van der Waals surface area contributed by atoms with Crippen LogP contribution < -0.4 is 4.74 Å². The van der Waals surface area contributed by atoms with Crippen molar-refractivity contribution < 1.29 is 33.3 Å². The van der Waals surface area contributed by atoms with E-state index in [9.17, 15) is 14.0 Å². The third-order valence-electron chi connectivity index (χ3n) is 4.43. The molecule has 1 aliphatic heterocycles. The fourth-order valence-electron chi connectivity index (χ4n) is 2.87. The quantitative estimate of drug-likeness (QED) is 0.712. The predicted octanol–water partition coefficient (Wildman–Crippen LogP) is 3.06. The maximum Gasteiger partial charge on any atom is 0.407 e. The van der Waals surface area contributed by atoms with Gasteiger partial charge in [0.15, 0.2) is 0 Å². The minimum atomic E-state index is -1.02. The number of carbonyl (C=O) groups is 2. The molecule has 0 spiro atoms. The van der Waals surface area contributed by atoms with Crippen molar-refractivity contribution in [2.24, 2.45) is 0 Å². The number of morpholine rings is 1. The van der Waals surface area contributed by atoms with Gasteiger partial charge in [0.25, 0.3) is 0 Å². The van der Waals surface area contributed by atoms with Crippen molar-refractivity contribution in [2.75, 3.05) is 33.4 Å². The third-order valence-corrected chi connectivity index (χ3v) is 5.60. The van der Waals surface area contributed by atoms with Crippen LogP contribution in [0.3, 0.4) is 0 Å². The van der Waals surface area contributed by atoms with Gasteiger partial charge in [0, 0.05) is 17.6 Å². The number of hydrogen-bond acceptors (Lipinski definition) is 7. The monoisotopic (exact) mass is 424 g/mol. The lowest BCUT2D eigenvalue weighted by Crippen LogP contribution is -2.47. The summed E-state index contributed by atoms with van der Waals surface area (Å²) in [5.74, 6) is -1.31. The van der Waals surface area contributed by atoms with Crippen LogP contribution in [-0.4, -0.2) is 66.6 Å². The molecule has 1 fully saturated rings. The first-order valence-electron chi connectivity index (χ1n) is 9.02. The highest BCUT2D eigenvalue weighted by molar-refractivity contribution is 7.15. The Balaban J connectivity index is 1.85. The molecule has 0 radical (unpaired) electrons. The van der Waals surface area contributed by atoms with Crippen LogP contribution in [0, 0.1) is 5.82 Å². The second kappa shape index (κ2) is 9.19. The van der Waals surface area contributed by atoms with Gasteiger partial charge in [0.05, 0.1) is 31.4 Å². The summed E-state index contributed by atoms with van der Waals surface area (Å²) < 4.78 is 30.9. The standard InChI is InChI=1S/C19H21FN2O6S/c1-3-13-8-21-17(29-13)14-6-11(7-15(16(14)20)18(23)26-2)28-10-12-9-22(19(24)25)4-5-27-12/h6-8,12H,3-5,9-10H2,1-2H3,(H,24,25)/t12-/m1/s1. The molecule has 3 rings (SSSR count). The lowest BCUT2D eigenvalue weighted by atomic mass is 10.1. The number of carboxylic acid groups (broad SMARTS) is 1. The van der Waals surface area contributed by atoms with Gasteiger partial charge in [-0.2, -0.15) is 0 Å². The number of rotatable bonds is 6. The second-order valence-electron chi connectivity index (χ2n) is 6.34. The molecular formula is C19H21FN2O6S. The summed E-state index contributed by atoms with van der Waals surface area (Å²) in [5.41, 5.74) is -0.116. The second-order valence-corrected chi connectivity index (χ2v) is 7.46. The molecule has 0 bridgehead atoms. The first kappa shape index (κ1) is 21.0. The van der Waals surface area contributed by atoms with Crippen LogP contribution in [0.25, 0.3) is 10.6 Å². The smallest absolute Gasteiger partial charge is 0.407 e. The highest BCUT2D eigenvalue weighted by Crippen LogP contribution is 2.33. The van der Waals surface area contributed by atoms with Gasteiger partial charge in [0.1, 0.15) is 29.3 Å². The van der Waals surface area contributed by atoms with E-state index in [0.29, 0.717) is 11.6 Å². The maximum absolute atomic E-state index is 14.9. The number of hydrogen-bond donors (Lipinski definition) is 1. The summed E-state index contributed by atoms with van der Waals surface area (Å²) in [5, 5.41) is 9.54. The van der Waals surface area contributed by atoms with Crippen LogP contribution >= 0.6 is 11.3 Å². The number of thiazole rings is 1. The molecule has 0 unspecified atom stereocenters. The number of ether oxygens (including phenoxy) is 3. The molecule has 1 saturated heterocycles. The maximum atomic E-state index is 14.9. The summed E-state index contributed by atoms with van der Waals surface area (Å²) in [6.07, 6.45) is 0.937. The van der Waals surface area contributed by atoms with Gasteiger partial charge in [-0.1, -0.05) is 6.92 Å². The lowest BCUT2D eigenvalue weighted by Gasteiger charge is -2.30. The molecule has 2 aromatic rings. The van der Waals surface area contributed by atoms with E-state index in [1.165, 1.54) is 35.5 Å². The summed E-state index contributed by atoms with van der Waals surface area (Å²) >= 11 is 1.33. The van der Waals surface area contributed by atoms with Crippen LogP contribution in [0.5, 0.6) is 5.75 Å². The first-order valence-corrected chi connectivity index (χ1v) is 9.83. The van der Waals surface area contributed by atoms with E-state index in [1.54, 1.807) is 6.20 Å². The Bertz CT molecular complexity index is 903. The zero-order chi connectivity index (χ0) is 21.0. The van der Waals surface area contributed by atoms with Crippen LogP contribution in [0.15, 0.2) is 18.3 Å². The Hall–Kier alpha value is -2.72. The van der Waals surface area contributed by atoms with E-state index < -0.39 is 24.0 Å². The minimum Gasteiger partial charge on any atom is -0.491 e. The van der Waals surface area contributed by atoms with Gasteiger partial charge in [-0.15, -0.1) is 11.3 Å². The zero-order valence-corrected chi connectivity index (χ0v) is 16.8. The third kappa shape index (κ3) is 4.83. The molecule has 0 saturated carbocycles. The van der Waals surface area contributed by atoms with Crippen molar-refractivity contribution in [3.63, 3.8) is 0 Å². The van der Waals surface area contributed by atoms with E-state index in [0.717, 1.165) is 11.3 Å². The van der Waals surface area contributed by atoms with Crippen molar-refractivity contribution in [3.05, 3.63) is 34.6 Å². The number of esters is 1. The average Bonchev–Trinajstić information content (AvgIpc) is 3.21.